The fraction of sp³-hybridized carbons (Fsp3) is 0.222. The van der Waals surface area contributed by atoms with Crippen molar-refractivity contribution in [2.75, 3.05) is 11.9 Å². The van der Waals surface area contributed by atoms with Gasteiger partial charge in [-0.15, -0.1) is 0 Å². The summed E-state index contributed by atoms with van der Waals surface area (Å²) < 4.78 is 6.79. The van der Waals surface area contributed by atoms with Gasteiger partial charge in [0.05, 0.1) is 10.7 Å². The summed E-state index contributed by atoms with van der Waals surface area (Å²) in [5, 5.41) is 7.75. The van der Waals surface area contributed by atoms with Gasteiger partial charge in [-0.1, -0.05) is 30.1 Å². The number of ether oxygens (including phenoxy) is 1. The number of hydrogen-bond donors (Lipinski definition) is 2. The quantitative estimate of drug-likeness (QED) is 0.636. The van der Waals surface area contributed by atoms with Crippen LogP contribution in [0.15, 0.2) is 35.1 Å². The summed E-state index contributed by atoms with van der Waals surface area (Å²) in [5.41, 5.74) is 0.958. The first-order valence-electron chi connectivity index (χ1n) is 8.40. The van der Waals surface area contributed by atoms with Crippen LogP contribution in [-0.2, 0) is 11.2 Å². The smallest absolute Gasteiger partial charge is 0.263 e. The number of nitrogens with zero attached hydrogens (tertiary/aromatic N) is 3. The Bertz CT molecular complexity index is 1080. The Kier molecular flexibility index (Phi) is 6.01. The maximum Gasteiger partial charge on any atom is 0.263 e. The van der Waals surface area contributed by atoms with Crippen molar-refractivity contribution < 1.29 is 9.53 Å². The van der Waals surface area contributed by atoms with Gasteiger partial charge in [0.2, 0.25) is 5.95 Å². The molecule has 146 valence electrons. The molecular weight excluding hydrogens is 405 g/mol. The largest absolute Gasteiger partial charge is 0.482 e. The lowest BCUT2D eigenvalue weighted by atomic mass is 10.3. The molecule has 0 bridgehead atoms. The Balaban J connectivity index is 1.77. The minimum absolute atomic E-state index is 0.217. The van der Waals surface area contributed by atoms with Gasteiger partial charge in [-0.3, -0.25) is 14.6 Å². The summed E-state index contributed by atoms with van der Waals surface area (Å²) in [5.74, 6) is 0.479. The molecule has 0 aliphatic carbocycles. The molecule has 28 heavy (non-hydrogen) atoms. The number of aromatic nitrogens is 4. The van der Waals surface area contributed by atoms with Crippen molar-refractivity contribution in [3.63, 3.8) is 0 Å². The van der Waals surface area contributed by atoms with Crippen LogP contribution in [0.5, 0.6) is 5.75 Å². The van der Waals surface area contributed by atoms with Gasteiger partial charge in [0.15, 0.2) is 6.61 Å². The first-order chi connectivity index (χ1) is 13.4. The molecular formula is C18H17Cl2N5O3. The van der Waals surface area contributed by atoms with Crippen molar-refractivity contribution in [3.8, 4) is 11.7 Å². The van der Waals surface area contributed by atoms with E-state index >= 15 is 0 Å². The predicted molar refractivity (Wildman–Crippen MR) is 107 cm³/mol. The molecule has 2 N–H and O–H groups in total. The van der Waals surface area contributed by atoms with Gasteiger partial charge in [0, 0.05) is 22.8 Å². The number of rotatable bonds is 6. The Labute approximate surface area is 170 Å². The highest BCUT2D eigenvalue weighted by Crippen LogP contribution is 2.27. The van der Waals surface area contributed by atoms with Crippen LogP contribution in [0.1, 0.15) is 18.3 Å². The molecule has 0 spiro atoms. The highest BCUT2D eigenvalue weighted by molar-refractivity contribution is 6.35. The first kappa shape index (κ1) is 19.9. The third-order valence-electron chi connectivity index (χ3n) is 3.70. The van der Waals surface area contributed by atoms with Crippen LogP contribution >= 0.6 is 23.2 Å². The molecule has 8 nitrogen and oxygen atoms in total. The molecule has 0 unspecified atom stereocenters. The summed E-state index contributed by atoms with van der Waals surface area (Å²) in [4.78, 5) is 31.1. The summed E-state index contributed by atoms with van der Waals surface area (Å²) in [6.45, 7) is 3.38. The molecule has 1 amide bonds. The number of benzene rings is 1. The normalized spacial score (nSPS) is 10.7. The third-order valence-corrected chi connectivity index (χ3v) is 4.23. The topological polar surface area (TPSA) is 102 Å². The van der Waals surface area contributed by atoms with Crippen molar-refractivity contribution in [2.45, 2.75) is 20.3 Å². The van der Waals surface area contributed by atoms with Crippen molar-refractivity contribution >= 4 is 34.9 Å². The molecule has 0 radical (unpaired) electrons. The highest BCUT2D eigenvalue weighted by Gasteiger charge is 2.14. The maximum absolute atomic E-state index is 12.3. The van der Waals surface area contributed by atoms with E-state index in [0.29, 0.717) is 39.4 Å². The van der Waals surface area contributed by atoms with E-state index in [0.717, 1.165) is 0 Å². The molecule has 10 heteroatoms. The second-order valence-corrected chi connectivity index (χ2v) is 6.75. The predicted octanol–water partition coefficient (Wildman–Crippen LogP) is 3.15. The van der Waals surface area contributed by atoms with Crippen LogP contribution < -0.4 is 15.6 Å². The van der Waals surface area contributed by atoms with Crippen LogP contribution in [0.3, 0.4) is 0 Å². The standard InChI is InChI=1S/C18H17Cl2N5O3/c1-3-12-8-16(26)23-18(21-12)25-15(6-10(2)24-25)22-17(27)9-28-14-5-4-11(19)7-13(14)20/h4-8H,3,9H2,1-2H3,(H,22,27)(H,21,23,26). The van der Waals surface area contributed by atoms with E-state index in [1.807, 2.05) is 6.92 Å². The van der Waals surface area contributed by atoms with E-state index in [-0.39, 0.29) is 18.1 Å². The number of hydrogen-bond acceptors (Lipinski definition) is 5. The molecule has 0 saturated carbocycles. The molecule has 0 aliphatic rings. The number of nitrogens with one attached hydrogen (secondary N) is 2. The van der Waals surface area contributed by atoms with Gasteiger partial charge >= 0.3 is 0 Å². The zero-order chi connectivity index (χ0) is 20.3. The van der Waals surface area contributed by atoms with E-state index < -0.39 is 5.91 Å². The number of halogens is 2. The van der Waals surface area contributed by atoms with Crippen molar-refractivity contribution in [1.29, 1.82) is 0 Å². The SMILES string of the molecule is CCc1cc(=O)[nH]c(-n2nc(C)cc2NC(=O)COc2ccc(Cl)cc2Cl)n1. The van der Waals surface area contributed by atoms with Crippen LogP contribution in [-0.4, -0.2) is 32.3 Å². The van der Waals surface area contributed by atoms with Gasteiger partial charge in [-0.05, 0) is 31.5 Å². The van der Waals surface area contributed by atoms with Crippen molar-refractivity contribution in [1.82, 2.24) is 19.7 Å². The van der Waals surface area contributed by atoms with Crippen LogP contribution in [0.25, 0.3) is 5.95 Å². The number of aromatic amines is 1. The first-order valence-corrected chi connectivity index (χ1v) is 9.16. The van der Waals surface area contributed by atoms with E-state index in [9.17, 15) is 9.59 Å². The molecule has 0 atom stereocenters. The fourth-order valence-electron chi connectivity index (χ4n) is 2.44. The zero-order valence-electron chi connectivity index (χ0n) is 15.1. The molecule has 0 fully saturated rings. The maximum atomic E-state index is 12.3. The zero-order valence-corrected chi connectivity index (χ0v) is 16.6. The molecule has 2 aromatic heterocycles. The highest BCUT2D eigenvalue weighted by atomic mass is 35.5. The third kappa shape index (κ3) is 4.71. The molecule has 2 heterocycles. The van der Waals surface area contributed by atoms with Crippen molar-refractivity contribution in [3.05, 3.63) is 62.1 Å². The number of anilines is 1. The molecule has 0 saturated heterocycles. The van der Waals surface area contributed by atoms with Gasteiger partial charge in [-0.25, -0.2) is 4.98 Å². The lowest BCUT2D eigenvalue weighted by Crippen LogP contribution is -2.23. The molecule has 1 aromatic carbocycles. The Morgan fingerprint density at radius 1 is 1.29 bits per heavy atom. The van der Waals surface area contributed by atoms with Gasteiger partial charge in [0.25, 0.3) is 11.5 Å². The number of aryl methyl sites for hydroxylation is 2. The summed E-state index contributed by atoms with van der Waals surface area (Å²) >= 11 is 11.9. The van der Waals surface area contributed by atoms with Gasteiger partial charge in [-0.2, -0.15) is 9.78 Å². The minimum Gasteiger partial charge on any atom is -0.482 e. The van der Waals surface area contributed by atoms with Gasteiger partial charge < -0.3 is 10.1 Å². The lowest BCUT2D eigenvalue weighted by molar-refractivity contribution is -0.118. The Morgan fingerprint density at radius 3 is 2.79 bits per heavy atom. The monoisotopic (exact) mass is 421 g/mol. The summed E-state index contributed by atoms with van der Waals surface area (Å²) in [6, 6.07) is 7.80. The van der Waals surface area contributed by atoms with E-state index in [1.54, 1.807) is 25.1 Å². The minimum atomic E-state index is -0.429. The summed E-state index contributed by atoms with van der Waals surface area (Å²) in [6.07, 6.45) is 0.592. The average Bonchev–Trinajstić information content (AvgIpc) is 3.00. The Hall–Kier alpha value is -2.84. The molecule has 0 aliphatic heterocycles. The fourth-order valence-corrected chi connectivity index (χ4v) is 2.90. The molecule has 3 aromatic rings. The summed E-state index contributed by atoms with van der Waals surface area (Å²) in [7, 11) is 0. The van der Waals surface area contributed by atoms with E-state index in [4.69, 9.17) is 27.9 Å². The lowest BCUT2D eigenvalue weighted by Gasteiger charge is -2.10. The molecule has 3 rings (SSSR count). The number of carbonyl (C=O) groups is 1. The van der Waals surface area contributed by atoms with E-state index in [1.165, 1.54) is 16.8 Å². The van der Waals surface area contributed by atoms with Crippen LogP contribution in [0.4, 0.5) is 5.82 Å². The van der Waals surface area contributed by atoms with Crippen molar-refractivity contribution in [2.24, 2.45) is 0 Å². The average molecular weight is 422 g/mol. The second kappa shape index (κ2) is 8.45. The van der Waals surface area contributed by atoms with E-state index in [2.05, 4.69) is 20.4 Å². The number of H-pyrrole nitrogens is 1. The van der Waals surface area contributed by atoms with Crippen LogP contribution in [0.2, 0.25) is 10.0 Å². The Morgan fingerprint density at radius 2 is 2.07 bits per heavy atom. The second-order valence-electron chi connectivity index (χ2n) is 5.91. The number of amides is 1. The number of carbonyl (C=O) groups excluding carboxylic acids is 1. The van der Waals surface area contributed by atoms with Gasteiger partial charge in [0.1, 0.15) is 11.6 Å². The van der Waals surface area contributed by atoms with Crippen LogP contribution in [0, 0.1) is 6.92 Å².